The van der Waals surface area contributed by atoms with Gasteiger partial charge >= 0.3 is 0 Å². The third-order valence-electron chi connectivity index (χ3n) is 5.13. The van der Waals surface area contributed by atoms with Gasteiger partial charge in [-0.15, -0.1) is 0 Å². The lowest BCUT2D eigenvalue weighted by Gasteiger charge is -2.15. The lowest BCUT2D eigenvalue weighted by Crippen LogP contribution is -2.34. The Morgan fingerprint density at radius 3 is 1.74 bits per heavy atom. The van der Waals surface area contributed by atoms with Crippen LogP contribution in [0.3, 0.4) is 0 Å². The van der Waals surface area contributed by atoms with Gasteiger partial charge in [-0.25, -0.2) is 0 Å². The number of carbonyl (C=O) groups excluding carboxylic acids is 4. The predicted octanol–water partition coefficient (Wildman–Crippen LogP) is 2.85. The summed E-state index contributed by atoms with van der Waals surface area (Å²) in [5, 5.41) is 17.5. The molecule has 0 fully saturated rings. The molecule has 0 aromatic heterocycles. The number of benzene rings is 3. The summed E-state index contributed by atoms with van der Waals surface area (Å²) in [4.78, 5) is 51.4. The van der Waals surface area contributed by atoms with Crippen molar-refractivity contribution in [2.24, 2.45) is 0 Å². The predicted molar refractivity (Wildman–Crippen MR) is 131 cm³/mol. The van der Waals surface area contributed by atoms with Crippen LogP contribution < -0.4 is 16.0 Å². The summed E-state index contributed by atoms with van der Waals surface area (Å²) in [6.45, 7) is -0.499. The molecule has 9 heteroatoms. The number of aliphatic hydroxyl groups is 1. The standard InChI is InChI=1S/C26H22N4O5/c31-12-11-30-23(32)16-22(26(30)35)27-21-14-17(24(33)28-19-7-3-1-4-8-19)13-18(15-21)25(34)29-20-9-5-2-6-10-20/h1-10,13-16,27,31H,11-12H2,(H,28,33)(H,29,34). The quantitative estimate of drug-likeness (QED) is 0.375. The van der Waals surface area contributed by atoms with Crippen LogP contribution in [0.25, 0.3) is 0 Å². The van der Waals surface area contributed by atoms with Gasteiger partial charge in [0.25, 0.3) is 23.6 Å². The number of hydrogen-bond donors (Lipinski definition) is 4. The third kappa shape index (κ3) is 5.60. The number of nitrogens with one attached hydrogen (secondary N) is 3. The number of carbonyl (C=O) groups is 4. The highest BCUT2D eigenvalue weighted by atomic mass is 16.3. The van der Waals surface area contributed by atoms with Crippen LogP contribution in [0.2, 0.25) is 0 Å². The SMILES string of the molecule is O=C(Nc1ccccc1)c1cc(NC2=CC(=O)N(CCO)C2=O)cc(C(=O)Nc2ccccc2)c1. The zero-order chi connectivity index (χ0) is 24.8. The third-order valence-corrected chi connectivity index (χ3v) is 5.13. The molecule has 176 valence electrons. The van der Waals surface area contributed by atoms with E-state index < -0.39 is 23.6 Å². The highest BCUT2D eigenvalue weighted by molar-refractivity contribution is 6.17. The summed E-state index contributed by atoms with van der Waals surface area (Å²) in [6, 6.07) is 22.1. The van der Waals surface area contributed by atoms with Crippen molar-refractivity contribution in [2.75, 3.05) is 29.1 Å². The number of nitrogens with zero attached hydrogens (tertiary/aromatic N) is 1. The molecule has 1 aliphatic rings. The van der Waals surface area contributed by atoms with Crippen molar-refractivity contribution in [2.45, 2.75) is 0 Å². The first-order valence-electron chi connectivity index (χ1n) is 10.8. The van der Waals surface area contributed by atoms with Crippen LogP contribution in [-0.4, -0.2) is 46.8 Å². The Kier molecular flexibility index (Phi) is 6.99. The molecule has 4 amide bonds. The number of anilines is 3. The van der Waals surface area contributed by atoms with E-state index in [0.717, 1.165) is 11.0 Å². The highest BCUT2D eigenvalue weighted by Crippen LogP contribution is 2.22. The van der Waals surface area contributed by atoms with E-state index in [-0.39, 0.29) is 35.7 Å². The van der Waals surface area contributed by atoms with E-state index in [1.165, 1.54) is 18.2 Å². The fraction of sp³-hybridized carbons (Fsp3) is 0.0769. The number of hydrogen-bond acceptors (Lipinski definition) is 6. The minimum Gasteiger partial charge on any atom is -0.395 e. The molecule has 35 heavy (non-hydrogen) atoms. The van der Waals surface area contributed by atoms with Gasteiger partial charge in [-0.05, 0) is 42.5 Å². The maximum absolute atomic E-state index is 12.9. The number of imide groups is 1. The van der Waals surface area contributed by atoms with Crippen LogP contribution in [0.15, 0.2) is 90.6 Å². The lowest BCUT2D eigenvalue weighted by molar-refractivity contribution is -0.137. The van der Waals surface area contributed by atoms with Crippen LogP contribution in [0.1, 0.15) is 20.7 Å². The molecule has 3 aromatic carbocycles. The van der Waals surface area contributed by atoms with Gasteiger partial charge in [-0.1, -0.05) is 36.4 Å². The molecule has 0 saturated heterocycles. The number of rotatable bonds is 8. The number of amides is 4. The Morgan fingerprint density at radius 1 is 0.743 bits per heavy atom. The van der Waals surface area contributed by atoms with E-state index in [4.69, 9.17) is 5.11 Å². The summed E-state index contributed by atoms with van der Waals surface area (Å²) < 4.78 is 0. The van der Waals surface area contributed by atoms with Crippen molar-refractivity contribution >= 4 is 40.7 Å². The Balaban J connectivity index is 1.64. The van der Waals surface area contributed by atoms with Gasteiger partial charge < -0.3 is 21.1 Å². The number of para-hydroxylation sites is 2. The Bertz CT molecular complexity index is 1230. The van der Waals surface area contributed by atoms with Crippen molar-refractivity contribution in [1.82, 2.24) is 4.90 Å². The summed E-state index contributed by atoms with van der Waals surface area (Å²) in [5.41, 5.74) is 1.72. The molecule has 4 rings (SSSR count). The van der Waals surface area contributed by atoms with E-state index in [1.807, 2.05) is 12.1 Å². The first kappa shape index (κ1) is 23.4. The summed E-state index contributed by atoms with van der Waals surface area (Å²) in [5.74, 6) is -2.10. The lowest BCUT2D eigenvalue weighted by atomic mass is 10.1. The van der Waals surface area contributed by atoms with E-state index in [2.05, 4.69) is 16.0 Å². The largest absolute Gasteiger partial charge is 0.395 e. The second-order valence-corrected chi connectivity index (χ2v) is 7.64. The zero-order valence-corrected chi connectivity index (χ0v) is 18.5. The number of β-amino-alcohol motifs (C(OH)–C–C–N with tert-alkyl or cyclic N) is 1. The van der Waals surface area contributed by atoms with Gasteiger partial charge in [-0.2, -0.15) is 0 Å². The second kappa shape index (κ2) is 10.4. The van der Waals surface area contributed by atoms with Gasteiger partial charge in [0, 0.05) is 34.3 Å². The molecule has 0 spiro atoms. The molecule has 0 atom stereocenters. The molecular weight excluding hydrogens is 448 g/mol. The first-order valence-corrected chi connectivity index (χ1v) is 10.8. The average Bonchev–Trinajstić information content (AvgIpc) is 3.12. The monoisotopic (exact) mass is 470 g/mol. The van der Waals surface area contributed by atoms with Crippen molar-refractivity contribution in [3.63, 3.8) is 0 Å². The molecule has 0 bridgehead atoms. The molecule has 1 heterocycles. The van der Waals surface area contributed by atoms with Crippen molar-refractivity contribution in [3.8, 4) is 0 Å². The zero-order valence-electron chi connectivity index (χ0n) is 18.5. The van der Waals surface area contributed by atoms with Gasteiger partial charge in [-0.3, -0.25) is 24.1 Å². The van der Waals surface area contributed by atoms with Crippen LogP contribution in [0, 0.1) is 0 Å². The Morgan fingerprint density at radius 2 is 1.26 bits per heavy atom. The van der Waals surface area contributed by atoms with E-state index >= 15 is 0 Å². The summed E-state index contributed by atoms with van der Waals surface area (Å²) in [7, 11) is 0. The molecule has 4 N–H and O–H groups in total. The van der Waals surface area contributed by atoms with Crippen LogP contribution in [-0.2, 0) is 9.59 Å². The molecule has 9 nitrogen and oxygen atoms in total. The maximum atomic E-state index is 12.9. The van der Waals surface area contributed by atoms with Gasteiger partial charge in [0.2, 0.25) is 0 Å². The molecular formula is C26H22N4O5. The van der Waals surface area contributed by atoms with Gasteiger partial charge in [0.15, 0.2) is 0 Å². The van der Waals surface area contributed by atoms with Crippen molar-refractivity contribution < 1.29 is 24.3 Å². The average molecular weight is 470 g/mol. The van der Waals surface area contributed by atoms with Crippen LogP contribution >= 0.6 is 0 Å². The molecule has 0 radical (unpaired) electrons. The second-order valence-electron chi connectivity index (χ2n) is 7.64. The molecule has 0 unspecified atom stereocenters. The van der Waals surface area contributed by atoms with E-state index in [1.54, 1.807) is 48.5 Å². The minimum absolute atomic E-state index is 0.0292. The highest BCUT2D eigenvalue weighted by Gasteiger charge is 2.30. The first-order chi connectivity index (χ1) is 16.9. The summed E-state index contributed by atoms with van der Waals surface area (Å²) >= 11 is 0. The van der Waals surface area contributed by atoms with Crippen LogP contribution in [0.5, 0.6) is 0 Å². The fourth-order valence-electron chi connectivity index (χ4n) is 3.48. The van der Waals surface area contributed by atoms with E-state index in [9.17, 15) is 19.2 Å². The van der Waals surface area contributed by atoms with Crippen molar-refractivity contribution in [1.29, 1.82) is 0 Å². The fourth-order valence-corrected chi connectivity index (χ4v) is 3.48. The maximum Gasteiger partial charge on any atom is 0.277 e. The van der Waals surface area contributed by atoms with Gasteiger partial charge in [0.1, 0.15) is 5.70 Å². The normalized spacial score (nSPS) is 12.8. The Hall–Kier alpha value is -4.76. The minimum atomic E-state index is -0.613. The smallest absolute Gasteiger partial charge is 0.277 e. The molecule has 0 saturated carbocycles. The molecule has 0 aliphatic carbocycles. The van der Waals surface area contributed by atoms with Crippen LogP contribution in [0.4, 0.5) is 17.1 Å². The van der Waals surface area contributed by atoms with Crippen molar-refractivity contribution in [3.05, 3.63) is 102 Å². The number of aliphatic hydroxyl groups excluding tert-OH is 1. The van der Waals surface area contributed by atoms with E-state index in [0.29, 0.717) is 11.4 Å². The molecule has 1 aliphatic heterocycles. The van der Waals surface area contributed by atoms with Gasteiger partial charge in [0.05, 0.1) is 13.2 Å². The molecule has 3 aromatic rings. The Labute approximate surface area is 201 Å². The summed E-state index contributed by atoms with van der Waals surface area (Å²) in [6.07, 6.45) is 1.11. The topological polar surface area (TPSA) is 128 Å².